The highest BCUT2D eigenvalue weighted by Crippen LogP contribution is 2.23. The van der Waals surface area contributed by atoms with Crippen molar-refractivity contribution in [2.45, 2.75) is 6.42 Å². The average molecular weight is 271 g/mol. The Balaban J connectivity index is 2.85. The molecule has 80 valence electrons. The van der Waals surface area contributed by atoms with Gasteiger partial charge in [0.25, 0.3) is 0 Å². The summed E-state index contributed by atoms with van der Waals surface area (Å²) in [5, 5.41) is 8.93. The van der Waals surface area contributed by atoms with Gasteiger partial charge in [0.1, 0.15) is 11.3 Å². The Kier molecular flexibility index (Phi) is 4.37. The number of halogens is 1. The van der Waals surface area contributed by atoms with Crippen molar-refractivity contribution in [1.29, 1.82) is 0 Å². The van der Waals surface area contributed by atoms with Crippen LogP contribution in [0.2, 0.25) is 0 Å². The average Bonchev–Trinajstić information content (AvgIpc) is 2.20. The lowest BCUT2D eigenvalue weighted by Gasteiger charge is -2.08. The molecule has 0 amide bonds. The van der Waals surface area contributed by atoms with Crippen molar-refractivity contribution in [1.82, 2.24) is 0 Å². The lowest BCUT2D eigenvalue weighted by Crippen LogP contribution is -2.03. The molecule has 1 aromatic carbocycles. The second-order valence-electron chi connectivity index (χ2n) is 2.87. The Morgan fingerprint density at radius 1 is 1.60 bits per heavy atom. The minimum Gasteiger partial charge on any atom is -0.492 e. The van der Waals surface area contributed by atoms with E-state index < -0.39 is 5.97 Å². The number of rotatable bonds is 5. The molecule has 0 spiro atoms. The number of hydrogen-bond donors (Lipinski definition) is 1. The zero-order valence-corrected chi connectivity index (χ0v) is 9.66. The van der Waals surface area contributed by atoms with Crippen LogP contribution >= 0.6 is 15.9 Å². The molecule has 1 rings (SSSR count). The van der Waals surface area contributed by atoms with Crippen LogP contribution in [0.15, 0.2) is 35.3 Å². The fourth-order valence-corrected chi connectivity index (χ4v) is 1.41. The summed E-state index contributed by atoms with van der Waals surface area (Å²) in [6.45, 7) is 4.00. The van der Waals surface area contributed by atoms with E-state index in [-0.39, 0.29) is 5.56 Å². The van der Waals surface area contributed by atoms with E-state index in [1.54, 1.807) is 18.2 Å². The molecular weight excluding hydrogens is 260 g/mol. The van der Waals surface area contributed by atoms with Gasteiger partial charge in [-0.1, -0.05) is 22.0 Å². The summed E-state index contributed by atoms with van der Waals surface area (Å²) in [5.74, 6) is -0.613. The maximum absolute atomic E-state index is 10.9. The summed E-state index contributed by atoms with van der Waals surface area (Å²) in [6, 6.07) is 4.90. The van der Waals surface area contributed by atoms with Crippen molar-refractivity contribution in [3.8, 4) is 5.75 Å². The summed E-state index contributed by atoms with van der Waals surface area (Å²) in [5.41, 5.74) is 0.161. The summed E-state index contributed by atoms with van der Waals surface area (Å²) in [4.78, 5) is 10.9. The predicted molar refractivity (Wildman–Crippen MR) is 61.4 cm³/mol. The highest BCUT2D eigenvalue weighted by molar-refractivity contribution is 9.10. The number of aromatic carboxylic acids is 1. The Bertz CT molecular complexity index is 374. The Labute approximate surface area is 96.5 Å². The first kappa shape index (κ1) is 11.8. The van der Waals surface area contributed by atoms with E-state index in [9.17, 15) is 4.79 Å². The predicted octanol–water partition coefficient (Wildman–Crippen LogP) is 3.10. The molecule has 0 bridgehead atoms. The molecule has 0 atom stereocenters. The van der Waals surface area contributed by atoms with Crippen molar-refractivity contribution in [3.05, 3.63) is 40.9 Å². The molecule has 4 heteroatoms. The van der Waals surface area contributed by atoms with Crippen LogP contribution in [0.5, 0.6) is 5.75 Å². The van der Waals surface area contributed by atoms with Gasteiger partial charge in [0.15, 0.2) is 0 Å². The molecule has 15 heavy (non-hydrogen) atoms. The van der Waals surface area contributed by atoms with Gasteiger partial charge < -0.3 is 9.84 Å². The molecule has 0 aliphatic heterocycles. The van der Waals surface area contributed by atoms with E-state index in [2.05, 4.69) is 22.5 Å². The van der Waals surface area contributed by atoms with Gasteiger partial charge in [0.2, 0.25) is 0 Å². The number of carboxylic acid groups (broad SMARTS) is 1. The van der Waals surface area contributed by atoms with Gasteiger partial charge in [0, 0.05) is 4.47 Å². The topological polar surface area (TPSA) is 46.5 Å². The zero-order valence-electron chi connectivity index (χ0n) is 8.07. The molecule has 3 nitrogen and oxygen atoms in total. The molecule has 0 saturated carbocycles. The van der Waals surface area contributed by atoms with E-state index in [4.69, 9.17) is 9.84 Å². The molecule has 0 aliphatic carbocycles. The molecule has 0 saturated heterocycles. The van der Waals surface area contributed by atoms with Crippen molar-refractivity contribution in [3.63, 3.8) is 0 Å². The summed E-state index contributed by atoms with van der Waals surface area (Å²) < 4.78 is 6.04. The third-order valence-corrected chi connectivity index (χ3v) is 2.24. The minimum absolute atomic E-state index is 0.161. The van der Waals surface area contributed by atoms with Crippen molar-refractivity contribution < 1.29 is 14.6 Å². The molecular formula is C11H11BrO3. The fraction of sp³-hybridized carbons (Fsp3) is 0.182. The van der Waals surface area contributed by atoms with Gasteiger partial charge in [-0.05, 0) is 24.6 Å². The van der Waals surface area contributed by atoms with Crippen LogP contribution in [0.3, 0.4) is 0 Å². The van der Waals surface area contributed by atoms with Crippen LogP contribution < -0.4 is 4.74 Å². The van der Waals surface area contributed by atoms with Crippen LogP contribution in [0.25, 0.3) is 0 Å². The summed E-state index contributed by atoms with van der Waals surface area (Å²) in [6.07, 6.45) is 2.41. The standard InChI is InChI=1S/C11H11BrO3/c1-2-3-6-15-10-5-4-8(12)7-9(10)11(13)14/h2,4-5,7H,1,3,6H2,(H,13,14). The lowest BCUT2D eigenvalue weighted by atomic mass is 10.2. The van der Waals surface area contributed by atoms with Crippen LogP contribution in [0.1, 0.15) is 16.8 Å². The maximum atomic E-state index is 10.9. The van der Waals surface area contributed by atoms with Gasteiger partial charge >= 0.3 is 5.97 Å². The minimum atomic E-state index is -0.995. The third-order valence-electron chi connectivity index (χ3n) is 1.75. The number of benzene rings is 1. The molecule has 0 heterocycles. The molecule has 0 unspecified atom stereocenters. The van der Waals surface area contributed by atoms with Crippen LogP contribution in [-0.2, 0) is 0 Å². The third kappa shape index (κ3) is 3.40. The zero-order chi connectivity index (χ0) is 11.3. The second kappa shape index (κ2) is 5.56. The van der Waals surface area contributed by atoms with Gasteiger partial charge in [-0.25, -0.2) is 4.79 Å². The van der Waals surface area contributed by atoms with E-state index in [1.165, 1.54) is 6.07 Å². The highest BCUT2D eigenvalue weighted by atomic mass is 79.9. The van der Waals surface area contributed by atoms with Crippen molar-refractivity contribution in [2.75, 3.05) is 6.61 Å². The first-order valence-electron chi connectivity index (χ1n) is 4.41. The highest BCUT2D eigenvalue weighted by Gasteiger charge is 2.11. The van der Waals surface area contributed by atoms with Crippen LogP contribution in [-0.4, -0.2) is 17.7 Å². The normalized spacial score (nSPS) is 9.67. The molecule has 0 radical (unpaired) electrons. The SMILES string of the molecule is C=CCCOc1ccc(Br)cc1C(=O)O. The van der Waals surface area contributed by atoms with Gasteiger partial charge in [-0.2, -0.15) is 0 Å². The molecule has 0 fully saturated rings. The van der Waals surface area contributed by atoms with E-state index in [0.717, 1.165) is 4.47 Å². The maximum Gasteiger partial charge on any atom is 0.339 e. The first-order valence-corrected chi connectivity index (χ1v) is 5.21. The molecule has 1 N–H and O–H groups in total. The van der Waals surface area contributed by atoms with Gasteiger partial charge in [-0.3, -0.25) is 0 Å². The van der Waals surface area contributed by atoms with Gasteiger partial charge in [0.05, 0.1) is 6.61 Å². The van der Waals surface area contributed by atoms with Crippen molar-refractivity contribution >= 4 is 21.9 Å². The number of carboxylic acids is 1. The largest absolute Gasteiger partial charge is 0.492 e. The number of ether oxygens (including phenoxy) is 1. The fourth-order valence-electron chi connectivity index (χ4n) is 1.05. The Morgan fingerprint density at radius 2 is 2.33 bits per heavy atom. The summed E-state index contributed by atoms with van der Waals surface area (Å²) >= 11 is 3.21. The lowest BCUT2D eigenvalue weighted by molar-refractivity contribution is 0.0692. The van der Waals surface area contributed by atoms with Gasteiger partial charge in [-0.15, -0.1) is 6.58 Å². The molecule has 1 aromatic rings. The Hall–Kier alpha value is -1.29. The Morgan fingerprint density at radius 3 is 2.93 bits per heavy atom. The van der Waals surface area contributed by atoms with E-state index >= 15 is 0 Å². The quantitative estimate of drug-likeness (QED) is 0.661. The monoisotopic (exact) mass is 270 g/mol. The van der Waals surface area contributed by atoms with Crippen LogP contribution in [0.4, 0.5) is 0 Å². The van der Waals surface area contributed by atoms with Crippen molar-refractivity contribution in [2.24, 2.45) is 0 Å². The smallest absolute Gasteiger partial charge is 0.339 e. The van der Waals surface area contributed by atoms with E-state index in [0.29, 0.717) is 18.8 Å². The molecule has 0 aliphatic rings. The van der Waals surface area contributed by atoms with E-state index in [1.807, 2.05) is 0 Å². The first-order chi connectivity index (χ1) is 7.15. The number of hydrogen-bond acceptors (Lipinski definition) is 2. The summed E-state index contributed by atoms with van der Waals surface area (Å²) in [7, 11) is 0. The molecule has 0 aromatic heterocycles. The second-order valence-corrected chi connectivity index (χ2v) is 3.79. The van der Waals surface area contributed by atoms with Crippen LogP contribution in [0, 0.1) is 0 Å². The number of carbonyl (C=O) groups is 1.